The number of allylic oxidation sites excluding steroid dienone is 7. The van der Waals surface area contributed by atoms with Crippen molar-refractivity contribution in [3.05, 3.63) is 224 Å². The number of hydrogen-bond acceptors (Lipinski definition) is 31. The molecule has 0 atom stereocenters. The maximum absolute atomic E-state index is 10.9. The summed E-state index contributed by atoms with van der Waals surface area (Å²) in [4.78, 5) is 78.4. The standard InChI is InChI=1S/C27H35N2.4C9H6N4O4S.Co/c1-5-29(6-2)23-16-14-22(21(3)20-23)15-17-26-27(18-10-7-11-19-27)24-12-8-9-13-25(24)28(26)4;4*14-5-1-2-6(7(15)3-5)11-12-9-10-4-8(18-9)13(16)17;/h8-9,12-17,20H,5-7,10-11,18-19H2,1-4H3;2*1-4H,(H2,10,12,14,15);2*1-4,14-15H;/q+1;;;;;/p-2. The molecule has 1 radical (unpaired) electrons. The number of carbonyl (C=O) groups is 2. The Morgan fingerprint density at radius 1 is 0.588 bits per heavy atom. The van der Waals surface area contributed by atoms with Crippen LogP contribution in [0.4, 0.5) is 53.0 Å². The second kappa shape index (κ2) is 36.2. The van der Waals surface area contributed by atoms with Gasteiger partial charge in [0.15, 0.2) is 17.3 Å². The van der Waals surface area contributed by atoms with E-state index in [1.165, 1.54) is 114 Å². The molecule has 4 aromatic heterocycles. The van der Waals surface area contributed by atoms with Crippen molar-refractivity contribution < 1.29 is 81.3 Å². The number of azo groups is 2. The van der Waals surface area contributed by atoms with Crippen LogP contribution in [-0.2, 0) is 31.8 Å². The number of anilines is 1. The Balaban J connectivity index is 0.000000181. The van der Waals surface area contributed by atoms with Crippen LogP contribution in [0, 0.1) is 47.4 Å². The normalized spacial score (nSPS) is 15.4. The summed E-state index contributed by atoms with van der Waals surface area (Å²) in [5, 5.41) is 126. The molecule has 1 aliphatic heterocycles. The number of aromatic hydroxyl groups is 4. The van der Waals surface area contributed by atoms with Crippen molar-refractivity contribution in [2.45, 2.75) is 58.3 Å². The quantitative estimate of drug-likeness (QED) is 0.0182. The Bertz CT molecular complexity index is 4720. The third-order valence-corrected chi connectivity index (χ3v) is 17.9. The molecule has 6 N–H and O–H groups in total. The number of phenolic OH excluding ortho intramolecular Hbond substituents is 4. The molecule has 0 saturated heterocycles. The Kier molecular flexibility index (Phi) is 27.4. The first-order chi connectivity index (χ1) is 48.3. The fourth-order valence-electron chi connectivity index (χ4n) is 9.82. The van der Waals surface area contributed by atoms with Crippen molar-refractivity contribution in [1.82, 2.24) is 19.9 Å². The number of rotatable bonds is 15. The number of hydrogen-bond donors (Lipinski definition) is 6. The molecule has 4 aromatic carbocycles. The van der Waals surface area contributed by atoms with Crippen LogP contribution in [0.15, 0.2) is 199 Å². The van der Waals surface area contributed by atoms with Gasteiger partial charge in [-0.15, -0.1) is 20.5 Å². The first kappa shape index (κ1) is 77.3. The summed E-state index contributed by atoms with van der Waals surface area (Å²) in [6.45, 7) is 8.78. The van der Waals surface area contributed by atoms with Gasteiger partial charge in [0.1, 0.15) is 76.8 Å². The SMILES string of the molecule is CCN(CC)c1ccc(/C=C/C2=[N+](C)c3ccccc3C23CCCCC3)c(C)c1.O=C1C=CC(=NN=c2[n-]cc([N+](=O)[O-])s2)C(O)=C1.O=C1C=CC(=NN=c2[n-]cc([N+](=O)[O-])s2)C(O)=C1.O=[N+]([O-])c1cnc(N=Nc2ccc(O)cc2O)s1.O=[N+]([O-])c1cnc(N=Nc2ccc(O)cc2O)s1.[Co]. The molecule has 1 fully saturated rings. The summed E-state index contributed by atoms with van der Waals surface area (Å²) < 4.78 is 2.44. The minimum absolute atomic E-state index is 0. The van der Waals surface area contributed by atoms with Gasteiger partial charge in [-0.1, -0.05) is 66.2 Å². The third kappa shape index (κ3) is 20.8. The molecule has 4 aliphatic rings. The van der Waals surface area contributed by atoms with Gasteiger partial charge in [0.25, 0.3) is 0 Å². The number of carbonyl (C=O) groups excluding carboxylic acids is 2. The van der Waals surface area contributed by atoms with Crippen LogP contribution in [0.5, 0.6) is 23.0 Å². The van der Waals surface area contributed by atoms with E-state index in [4.69, 9.17) is 10.2 Å². The Hall–Kier alpha value is -12.0. The molecule has 1 saturated carbocycles. The Labute approximate surface area is 602 Å². The van der Waals surface area contributed by atoms with Crippen molar-refractivity contribution >= 4 is 133 Å². The average molecular weight is 1510 g/mol. The van der Waals surface area contributed by atoms with Crippen molar-refractivity contribution in [1.29, 1.82) is 0 Å². The molecule has 5 heterocycles. The van der Waals surface area contributed by atoms with E-state index < -0.39 is 19.7 Å². The number of phenols is 4. The number of aromatic nitrogens is 4. The number of nitro groups is 4. The van der Waals surface area contributed by atoms with Crippen LogP contribution < -0.4 is 24.5 Å². The molecule has 0 amide bonds. The molecule has 0 bridgehead atoms. The molecule has 529 valence electrons. The smallest absolute Gasteiger partial charge is 0.345 e. The summed E-state index contributed by atoms with van der Waals surface area (Å²) in [7, 11) is 2.25. The molecule has 12 rings (SSSR count). The predicted molar refractivity (Wildman–Crippen MR) is 376 cm³/mol. The van der Waals surface area contributed by atoms with Gasteiger partial charge in [0.2, 0.25) is 16.0 Å². The minimum Gasteiger partial charge on any atom is -0.508 e. The van der Waals surface area contributed by atoms with Gasteiger partial charge in [-0.2, -0.15) is 4.58 Å². The number of aliphatic hydroxyl groups excluding tert-OH is 2. The number of nitrogens with zero attached hydrogens (tertiary/aromatic N) is 18. The maximum atomic E-state index is 10.9. The average Bonchev–Trinajstić information content (AvgIpc) is 1.58. The number of para-hydroxylation sites is 1. The molecular weight excluding hydrogens is 1450 g/mol. The van der Waals surface area contributed by atoms with E-state index in [-0.39, 0.29) is 131 Å². The van der Waals surface area contributed by atoms with Gasteiger partial charge in [-0.05, 0) is 134 Å². The molecule has 1 spiro atoms. The summed E-state index contributed by atoms with van der Waals surface area (Å²) in [6.07, 6.45) is 22.7. The molecule has 39 heteroatoms. The topological polar surface area (TPSA) is 487 Å². The van der Waals surface area contributed by atoms with E-state index in [2.05, 4.69) is 153 Å². The van der Waals surface area contributed by atoms with Crippen LogP contribution >= 0.6 is 45.3 Å². The van der Waals surface area contributed by atoms with E-state index in [0.717, 1.165) is 108 Å². The van der Waals surface area contributed by atoms with E-state index in [1.54, 1.807) is 0 Å². The number of aliphatic hydroxyl groups is 2. The Morgan fingerprint density at radius 3 is 1.47 bits per heavy atom. The fourth-order valence-corrected chi connectivity index (χ4v) is 12.0. The van der Waals surface area contributed by atoms with E-state index >= 15 is 0 Å². The second-order valence-electron chi connectivity index (χ2n) is 21.1. The number of benzene rings is 4. The zero-order chi connectivity index (χ0) is 72.9. The first-order valence-corrected chi connectivity index (χ1v) is 33.0. The van der Waals surface area contributed by atoms with Crippen molar-refractivity contribution in [2.75, 3.05) is 25.0 Å². The van der Waals surface area contributed by atoms with Crippen LogP contribution in [0.3, 0.4) is 0 Å². The van der Waals surface area contributed by atoms with E-state index in [9.17, 15) is 70.5 Å². The molecular formula is C63H57CoN18O16S4-. The van der Waals surface area contributed by atoms with E-state index in [1.807, 2.05) is 0 Å². The summed E-state index contributed by atoms with van der Waals surface area (Å²) >= 11 is 3.05. The molecule has 8 aromatic rings. The first-order valence-electron chi connectivity index (χ1n) is 29.7. The van der Waals surface area contributed by atoms with Crippen molar-refractivity contribution in [3.8, 4) is 23.0 Å². The van der Waals surface area contributed by atoms with Gasteiger partial charge in [-0.3, -0.25) is 60.2 Å². The maximum Gasteiger partial charge on any atom is 0.345 e. The van der Waals surface area contributed by atoms with Crippen molar-refractivity contribution in [2.24, 2.45) is 40.9 Å². The van der Waals surface area contributed by atoms with Crippen LogP contribution in [0.25, 0.3) is 6.08 Å². The predicted octanol–water partition coefficient (Wildman–Crippen LogP) is 13.1. The number of thiazole rings is 4. The molecule has 34 nitrogen and oxygen atoms in total. The zero-order valence-electron chi connectivity index (χ0n) is 53.7. The van der Waals surface area contributed by atoms with Gasteiger partial charge < -0.3 is 55.7 Å². The second-order valence-corrected chi connectivity index (χ2v) is 25.0. The largest absolute Gasteiger partial charge is 0.508 e. The molecule has 0 unspecified atom stereocenters. The monoisotopic (exact) mass is 1510 g/mol. The fraction of sp³-hybridized carbons (Fsp3) is 0.190. The van der Waals surface area contributed by atoms with Gasteiger partial charge in [-0.25, -0.2) is 9.97 Å². The van der Waals surface area contributed by atoms with Crippen LogP contribution in [0.2, 0.25) is 0 Å². The number of aryl methyl sites for hydroxylation is 1. The Morgan fingerprint density at radius 2 is 1.06 bits per heavy atom. The van der Waals surface area contributed by atoms with Gasteiger partial charge in [0.05, 0.1) is 25.1 Å². The summed E-state index contributed by atoms with van der Waals surface area (Å²) in [5.41, 5.74) is 9.05. The van der Waals surface area contributed by atoms with Crippen molar-refractivity contribution in [3.63, 3.8) is 0 Å². The summed E-state index contributed by atoms with van der Waals surface area (Å²) in [5.74, 6) is -2.01. The molecule has 102 heavy (non-hydrogen) atoms. The minimum atomic E-state index is -0.583. The van der Waals surface area contributed by atoms with E-state index in [0.29, 0.717) is 0 Å². The third-order valence-electron chi connectivity index (χ3n) is 14.6. The van der Waals surface area contributed by atoms with Gasteiger partial charge in [0, 0.05) is 99.5 Å². The number of fused-ring (bicyclic) bond motifs is 2. The van der Waals surface area contributed by atoms with Crippen LogP contribution in [-0.4, -0.2) is 114 Å². The van der Waals surface area contributed by atoms with Crippen LogP contribution in [0.1, 0.15) is 62.6 Å². The number of ketones is 2. The van der Waals surface area contributed by atoms with Gasteiger partial charge >= 0.3 is 20.0 Å². The summed E-state index contributed by atoms with van der Waals surface area (Å²) in [6, 6.07) is 23.5. The zero-order valence-corrected chi connectivity index (χ0v) is 58.0. The molecule has 3 aliphatic carbocycles.